The molecule has 33 atom stereocenters. The van der Waals surface area contributed by atoms with Crippen LogP contribution in [0, 0.1) is 139 Å². The summed E-state index contributed by atoms with van der Waals surface area (Å²) in [6.45, 7) is 26.8. The quantitative estimate of drug-likeness (QED) is 0.0409. The van der Waals surface area contributed by atoms with E-state index in [1.54, 1.807) is 0 Å². The second-order valence-corrected chi connectivity index (χ2v) is 39.0. The summed E-state index contributed by atoms with van der Waals surface area (Å²) in [4.78, 5) is 43.1. The molecular formula is C87H138O15. The Bertz CT molecular complexity index is 2830. The molecule has 15 heteroatoms. The van der Waals surface area contributed by atoms with Gasteiger partial charge in [-0.05, 0) is 346 Å². The Morgan fingerprint density at radius 3 is 0.853 bits per heavy atom. The molecule has 0 unspecified atom stereocenters. The van der Waals surface area contributed by atoms with Crippen molar-refractivity contribution in [3.05, 3.63) is 33.4 Å². The van der Waals surface area contributed by atoms with Crippen molar-refractivity contribution >= 4 is 17.9 Å². The predicted octanol–water partition coefficient (Wildman–Crippen LogP) is 13.6. The van der Waals surface area contributed by atoms with Gasteiger partial charge in [0, 0.05) is 19.3 Å². The van der Waals surface area contributed by atoms with Crippen molar-refractivity contribution in [2.45, 2.75) is 350 Å². The maximum atomic E-state index is 14.4. The van der Waals surface area contributed by atoms with E-state index in [9.17, 15) is 60.3 Å². The molecule has 0 aliphatic heterocycles. The third kappa shape index (κ3) is 12.9. The van der Waals surface area contributed by atoms with Gasteiger partial charge in [-0.1, -0.05) is 83.1 Å². The molecule has 0 bridgehead atoms. The van der Waals surface area contributed by atoms with Crippen LogP contribution in [0.5, 0.6) is 0 Å². The Morgan fingerprint density at radius 2 is 0.608 bits per heavy atom. The van der Waals surface area contributed by atoms with Crippen molar-refractivity contribution in [2.75, 3.05) is 0 Å². The molecule has 1 aromatic carbocycles. The Kier molecular flexibility index (Phi) is 22.5. The van der Waals surface area contributed by atoms with Crippen LogP contribution in [0.3, 0.4) is 0 Å². The van der Waals surface area contributed by atoms with Gasteiger partial charge in [-0.3, -0.25) is 14.4 Å². The zero-order valence-electron chi connectivity index (χ0n) is 64.9. The van der Waals surface area contributed by atoms with E-state index in [1.807, 2.05) is 0 Å². The summed E-state index contributed by atoms with van der Waals surface area (Å²) in [6.07, 6.45) is 17.1. The van der Waals surface area contributed by atoms with Crippen molar-refractivity contribution in [3.63, 3.8) is 0 Å². The molecule has 0 amide bonds. The van der Waals surface area contributed by atoms with Crippen LogP contribution in [-0.2, 0) is 67.7 Å². The Balaban J connectivity index is 0.690. The molecule has 0 saturated heterocycles. The first-order chi connectivity index (χ1) is 48.3. The molecule has 12 fully saturated rings. The fourth-order valence-electron chi connectivity index (χ4n) is 29.6. The minimum absolute atomic E-state index is 0.00329. The number of benzene rings is 1. The third-order valence-corrected chi connectivity index (χ3v) is 35.4. The summed E-state index contributed by atoms with van der Waals surface area (Å²) in [5.74, 6) is 2.10. The lowest BCUT2D eigenvalue weighted by Crippen LogP contribution is -2.62. The van der Waals surface area contributed by atoms with Gasteiger partial charge in [-0.15, -0.1) is 0 Å². The number of aliphatic hydroxyl groups excluding tert-OH is 9. The van der Waals surface area contributed by atoms with Crippen LogP contribution in [0.25, 0.3) is 0 Å². The van der Waals surface area contributed by atoms with E-state index in [0.29, 0.717) is 77.0 Å². The monoisotopic (exact) mass is 1420 g/mol. The molecule has 102 heavy (non-hydrogen) atoms. The van der Waals surface area contributed by atoms with Crippen LogP contribution >= 0.6 is 0 Å². The largest absolute Gasteiger partial charge is 0.461 e. The summed E-state index contributed by atoms with van der Waals surface area (Å²) in [5.41, 5.74) is 4.23. The van der Waals surface area contributed by atoms with Gasteiger partial charge in [0.2, 0.25) is 0 Å². The average molecular weight is 1420 g/mol. The van der Waals surface area contributed by atoms with Crippen LogP contribution in [0.2, 0.25) is 0 Å². The zero-order chi connectivity index (χ0) is 73.2. The summed E-state index contributed by atoms with van der Waals surface area (Å²) < 4.78 is 19.2. The van der Waals surface area contributed by atoms with Gasteiger partial charge in [0.05, 0.1) is 54.9 Å². The van der Waals surface area contributed by atoms with Crippen LogP contribution in [-0.4, -0.2) is 119 Å². The number of hydrogen-bond donors (Lipinski definition) is 9. The molecule has 0 spiro atoms. The van der Waals surface area contributed by atoms with E-state index in [-0.39, 0.29) is 198 Å². The maximum Gasteiger partial charge on any atom is 0.306 e. The zero-order valence-corrected chi connectivity index (χ0v) is 64.9. The molecule has 13 rings (SSSR count). The highest BCUT2D eigenvalue weighted by Crippen LogP contribution is 2.72. The van der Waals surface area contributed by atoms with Crippen molar-refractivity contribution in [3.8, 4) is 0 Å². The van der Waals surface area contributed by atoms with Gasteiger partial charge in [-0.25, -0.2) is 0 Å². The first-order valence-electron chi connectivity index (χ1n) is 42.1. The van der Waals surface area contributed by atoms with Gasteiger partial charge < -0.3 is 60.2 Å². The molecule has 12 aliphatic carbocycles. The third-order valence-electron chi connectivity index (χ3n) is 35.4. The molecule has 0 radical (unpaired) electrons. The van der Waals surface area contributed by atoms with Crippen LogP contribution in [0.15, 0.2) is 0 Å². The first kappa shape index (κ1) is 77.4. The normalized spacial score (nSPS) is 47.1. The van der Waals surface area contributed by atoms with E-state index in [2.05, 4.69) is 83.1 Å². The van der Waals surface area contributed by atoms with E-state index >= 15 is 0 Å². The molecule has 12 saturated carbocycles. The van der Waals surface area contributed by atoms with E-state index in [0.717, 1.165) is 130 Å². The fourth-order valence-corrected chi connectivity index (χ4v) is 29.6. The van der Waals surface area contributed by atoms with Gasteiger partial charge in [-0.2, -0.15) is 0 Å². The average Bonchev–Trinajstić information content (AvgIpc) is 1.40. The number of carbonyl (C=O) groups excluding carboxylic acids is 3. The molecule has 9 N–H and O–H groups in total. The van der Waals surface area contributed by atoms with Crippen molar-refractivity contribution < 1.29 is 74.6 Å². The number of esters is 3. The van der Waals surface area contributed by atoms with E-state index in [4.69, 9.17) is 14.2 Å². The first-order valence-corrected chi connectivity index (χ1v) is 42.1. The van der Waals surface area contributed by atoms with Crippen molar-refractivity contribution in [1.82, 2.24) is 0 Å². The number of aliphatic hydroxyl groups is 9. The predicted molar refractivity (Wildman–Crippen MR) is 391 cm³/mol. The van der Waals surface area contributed by atoms with Crippen LogP contribution in [0.1, 0.15) is 290 Å². The molecule has 0 heterocycles. The van der Waals surface area contributed by atoms with E-state index < -0.39 is 52.9 Å². The SMILES string of the molecule is CCc1c(COC(=O)CC[C@@H](C)[C@H]2CC[C@H]3[C@@H]4[C@H](O)C[C@@H]5C[C@H](O)CC[C@]5(C)[C@H]4C[C@H](O)[C@]23C)c(CC)c(COC(=O)CC[C@@H](C)[C@H]2CC[C@H]3[C@@H]4[C@H](O)C[C@@H]5C[C@H](O)CC[C@]5(C)[C@H]4C[C@H](O)[C@]23C)c(CC)c1COC(=O)CC[C@@H](C)[C@H]1CC[C@H]2[C@@H]3[C@H](O)C[C@@H]4C[C@H](O)CC[C@]4(C)[C@H]3C[C@H](O)[C@]12C. The van der Waals surface area contributed by atoms with Crippen molar-refractivity contribution in [1.29, 1.82) is 0 Å². The standard InChI is InChI=1S/C87H138O15/c1-13-55-58(43-100-76(97)25-16-46(4)61-19-22-64-79-67(40-73(94)85(61,64)10)82(7)31-28-52(88)34-49(82)37-70(79)91)56(14-2)60(45-102-78(99)27-18-48(6)63-21-24-66-81-69(42-75(96)87(63,66)12)84(9)33-30-54(90)36-51(84)39-72(81)93)57(15-3)59(55)44-101-77(98)26-17-47(5)62-20-23-65-80-68(41-74(95)86(62,65)11)83(8)32-29-53(89)35-50(83)38-71(80)92/h46-54,61-75,79-81,88-96H,13-45H2,1-12H3/t46-,47-,48-,49+,50+,51+,52-,53-,54-,61-,62-,63-,64+,65+,66+,67+,68+,69+,70-,71-,72-,73+,74+,75+,79+,80+,81+,82+,83+,84+,85-,86-,87-/m1/s1. The Hall–Kier alpha value is -2.73. The minimum Gasteiger partial charge on any atom is -0.461 e. The summed E-state index contributed by atoms with van der Waals surface area (Å²) in [7, 11) is 0. The Labute approximate surface area is 612 Å². The van der Waals surface area contributed by atoms with Gasteiger partial charge >= 0.3 is 17.9 Å². The lowest BCUT2D eigenvalue weighted by Gasteiger charge is -2.63. The number of hydrogen-bond acceptors (Lipinski definition) is 15. The van der Waals surface area contributed by atoms with Crippen molar-refractivity contribution in [2.24, 2.45) is 139 Å². The Morgan fingerprint density at radius 1 is 0.353 bits per heavy atom. The molecular weight excluding hydrogens is 1280 g/mol. The lowest BCUT2D eigenvalue weighted by atomic mass is 9.43. The highest BCUT2D eigenvalue weighted by Gasteiger charge is 2.70. The smallest absolute Gasteiger partial charge is 0.306 e. The topological polar surface area (TPSA) is 261 Å². The summed E-state index contributed by atoms with van der Waals surface area (Å²) in [6, 6.07) is 0. The second-order valence-electron chi connectivity index (χ2n) is 39.0. The molecule has 1 aromatic rings. The molecule has 0 aromatic heterocycles. The van der Waals surface area contributed by atoms with Gasteiger partial charge in [0.15, 0.2) is 0 Å². The summed E-state index contributed by atoms with van der Waals surface area (Å²) in [5, 5.41) is 105. The molecule has 15 nitrogen and oxygen atoms in total. The van der Waals surface area contributed by atoms with Crippen LogP contribution in [0.4, 0.5) is 0 Å². The number of ether oxygens (including phenoxy) is 3. The highest BCUT2D eigenvalue weighted by molar-refractivity contribution is 5.71. The fraction of sp³-hybridized carbons (Fsp3) is 0.897. The summed E-state index contributed by atoms with van der Waals surface area (Å²) >= 11 is 0. The highest BCUT2D eigenvalue weighted by atomic mass is 16.5. The lowest BCUT2D eigenvalue weighted by molar-refractivity contribution is -0.207. The minimum atomic E-state index is -0.526. The molecule has 12 aliphatic rings. The van der Waals surface area contributed by atoms with Gasteiger partial charge in [0.1, 0.15) is 19.8 Å². The van der Waals surface area contributed by atoms with Crippen LogP contribution < -0.4 is 0 Å². The van der Waals surface area contributed by atoms with Gasteiger partial charge in [0.25, 0.3) is 0 Å². The number of carbonyl (C=O) groups is 3. The second kappa shape index (κ2) is 29.6. The van der Waals surface area contributed by atoms with E-state index in [1.165, 1.54) is 0 Å². The maximum absolute atomic E-state index is 14.4. The number of fused-ring (bicyclic) bond motifs is 15. The number of rotatable bonds is 21. The molecule has 576 valence electrons.